The number of thiazole rings is 1. The molecule has 9 heteroatoms. The summed E-state index contributed by atoms with van der Waals surface area (Å²) in [6.45, 7) is 2.04. The lowest BCUT2D eigenvalue weighted by Gasteiger charge is -2.07. The van der Waals surface area contributed by atoms with Crippen LogP contribution in [0.15, 0.2) is 54.7 Å². The summed E-state index contributed by atoms with van der Waals surface area (Å²) < 4.78 is 2.07. The number of hydrogen-bond donors (Lipinski definition) is 2. The molecule has 0 saturated carbocycles. The Kier molecular flexibility index (Phi) is 6.08. The van der Waals surface area contributed by atoms with Crippen molar-refractivity contribution in [3.8, 4) is 11.4 Å². The van der Waals surface area contributed by atoms with Gasteiger partial charge in [-0.15, -0.1) is 11.3 Å². The topological polar surface area (TPSA) is 75.6 Å². The summed E-state index contributed by atoms with van der Waals surface area (Å²) >= 11 is 13.0. The largest absolute Gasteiger partial charge is 0.300 e. The average molecular weight is 456 g/mol. The number of rotatable bonds is 6. The number of aromatic amines is 1. The molecule has 2 heterocycles. The van der Waals surface area contributed by atoms with Crippen molar-refractivity contribution in [2.45, 2.75) is 19.9 Å². The van der Waals surface area contributed by atoms with Crippen LogP contribution in [0, 0.1) is 11.7 Å². The minimum absolute atomic E-state index is 0.0397. The molecule has 0 aliphatic rings. The molecule has 6 nitrogen and oxygen atoms in total. The number of H-pyrrole nitrogens is 1. The lowest BCUT2D eigenvalue weighted by atomic mass is 10.1. The maximum absolute atomic E-state index is 12.6. The van der Waals surface area contributed by atoms with E-state index in [9.17, 15) is 4.79 Å². The van der Waals surface area contributed by atoms with Crippen molar-refractivity contribution >= 4 is 46.2 Å². The van der Waals surface area contributed by atoms with Crippen LogP contribution in [-0.4, -0.2) is 25.7 Å². The van der Waals surface area contributed by atoms with Crippen LogP contribution >= 0.6 is 35.2 Å². The molecule has 0 bridgehead atoms. The molecule has 0 aliphatic carbocycles. The molecule has 2 N–H and O–H groups in total. The zero-order chi connectivity index (χ0) is 21.1. The Morgan fingerprint density at radius 2 is 2.10 bits per heavy atom. The first kappa shape index (κ1) is 20.5. The van der Waals surface area contributed by atoms with Crippen molar-refractivity contribution in [3.05, 3.63) is 80.5 Å². The SMILES string of the molecule is Cc1cccc(-c2n[nH]c(=S)n2CC(=O)Nc2ncc(Cc3ccccc3Cl)s2)c1. The van der Waals surface area contributed by atoms with Gasteiger partial charge in [-0.25, -0.2) is 4.98 Å². The number of anilines is 1. The standard InChI is InChI=1S/C21H18ClN5OS2/c1-13-5-4-7-15(9-13)19-25-26-21(29)27(19)12-18(28)24-20-23-11-16(30-20)10-14-6-2-3-8-17(14)22/h2-9,11H,10,12H2,1H3,(H,26,29)(H,23,24,28). The Labute approximate surface area is 187 Å². The number of hydrogen-bond acceptors (Lipinski definition) is 5. The van der Waals surface area contributed by atoms with E-state index in [4.69, 9.17) is 23.8 Å². The second-order valence-corrected chi connectivity index (χ2v) is 8.67. The first-order valence-electron chi connectivity index (χ1n) is 9.20. The summed E-state index contributed by atoms with van der Waals surface area (Å²) in [5, 5.41) is 11.2. The van der Waals surface area contributed by atoms with Crippen LogP contribution < -0.4 is 5.32 Å². The van der Waals surface area contributed by atoms with Crippen LogP contribution in [0.3, 0.4) is 0 Å². The summed E-state index contributed by atoms with van der Waals surface area (Å²) in [7, 11) is 0. The molecule has 0 unspecified atom stereocenters. The first-order valence-corrected chi connectivity index (χ1v) is 10.8. The Morgan fingerprint density at radius 1 is 1.27 bits per heavy atom. The van der Waals surface area contributed by atoms with Gasteiger partial charge in [-0.3, -0.25) is 14.5 Å². The highest BCUT2D eigenvalue weighted by Crippen LogP contribution is 2.25. The number of aryl methyl sites for hydroxylation is 1. The van der Waals surface area contributed by atoms with Gasteiger partial charge in [0.2, 0.25) is 5.91 Å². The van der Waals surface area contributed by atoms with Crippen LogP contribution in [0.5, 0.6) is 0 Å². The van der Waals surface area contributed by atoms with Gasteiger partial charge in [0.25, 0.3) is 0 Å². The van der Waals surface area contributed by atoms with E-state index >= 15 is 0 Å². The van der Waals surface area contributed by atoms with E-state index in [1.54, 1.807) is 10.8 Å². The molecule has 2 aromatic heterocycles. The smallest absolute Gasteiger partial charge is 0.246 e. The zero-order valence-electron chi connectivity index (χ0n) is 16.1. The quantitative estimate of drug-likeness (QED) is 0.389. The van der Waals surface area contributed by atoms with Gasteiger partial charge in [0.1, 0.15) is 6.54 Å². The van der Waals surface area contributed by atoms with Gasteiger partial charge in [-0.2, -0.15) is 5.10 Å². The number of aromatic nitrogens is 4. The van der Waals surface area contributed by atoms with E-state index in [1.807, 2.05) is 55.5 Å². The maximum Gasteiger partial charge on any atom is 0.246 e. The number of carbonyl (C=O) groups excluding carboxylic acids is 1. The highest BCUT2D eigenvalue weighted by Gasteiger charge is 2.14. The number of nitrogens with one attached hydrogen (secondary N) is 2. The van der Waals surface area contributed by atoms with Gasteiger partial charge >= 0.3 is 0 Å². The third-order valence-corrected chi connectivity index (χ3v) is 6.05. The lowest BCUT2D eigenvalue weighted by molar-refractivity contribution is -0.116. The Morgan fingerprint density at radius 3 is 2.90 bits per heavy atom. The summed E-state index contributed by atoms with van der Waals surface area (Å²) in [5.74, 6) is 0.400. The van der Waals surface area contributed by atoms with Gasteiger partial charge in [0, 0.05) is 28.1 Å². The average Bonchev–Trinajstić information content (AvgIpc) is 3.30. The molecular weight excluding hydrogens is 438 g/mol. The second kappa shape index (κ2) is 8.91. The normalized spacial score (nSPS) is 10.9. The predicted octanol–water partition coefficient (Wildman–Crippen LogP) is 5.26. The Balaban J connectivity index is 1.46. The molecule has 0 fully saturated rings. The van der Waals surface area contributed by atoms with Crippen LogP contribution in [0.2, 0.25) is 5.02 Å². The minimum atomic E-state index is -0.222. The van der Waals surface area contributed by atoms with Crippen LogP contribution in [0.4, 0.5) is 5.13 Å². The van der Waals surface area contributed by atoms with Gasteiger partial charge in [-0.1, -0.05) is 53.6 Å². The Bertz CT molecular complexity index is 1260. The first-order chi connectivity index (χ1) is 14.5. The summed E-state index contributed by atoms with van der Waals surface area (Å²) in [6.07, 6.45) is 2.42. The number of carbonyl (C=O) groups is 1. The van der Waals surface area contributed by atoms with E-state index in [2.05, 4.69) is 20.5 Å². The molecule has 4 rings (SSSR count). The molecule has 0 aliphatic heterocycles. The van der Waals surface area contributed by atoms with Gasteiger partial charge in [0.15, 0.2) is 15.7 Å². The lowest BCUT2D eigenvalue weighted by Crippen LogP contribution is -2.19. The third kappa shape index (κ3) is 4.67. The van der Waals surface area contributed by atoms with E-state index in [-0.39, 0.29) is 12.5 Å². The minimum Gasteiger partial charge on any atom is -0.300 e. The van der Waals surface area contributed by atoms with E-state index in [0.29, 0.717) is 22.1 Å². The summed E-state index contributed by atoms with van der Waals surface area (Å²) in [4.78, 5) is 18.0. The molecule has 30 heavy (non-hydrogen) atoms. The molecule has 4 aromatic rings. The second-order valence-electron chi connectivity index (χ2n) is 6.76. The number of nitrogens with zero attached hydrogens (tertiary/aromatic N) is 3. The zero-order valence-corrected chi connectivity index (χ0v) is 18.4. The van der Waals surface area contributed by atoms with Crippen molar-refractivity contribution in [3.63, 3.8) is 0 Å². The van der Waals surface area contributed by atoms with E-state index in [0.717, 1.165) is 26.6 Å². The van der Waals surface area contributed by atoms with Crippen molar-refractivity contribution in [2.24, 2.45) is 0 Å². The van der Waals surface area contributed by atoms with Crippen molar-refractivity contribution < 1.29 is 4.79 Å². The van der Waals surface area contributed by atoms with Gasteiger partial charge in [0.05, 0.1) is 0 Å². The third-order valence-electron chi connectivity index (χ3n) is 4.46. The maximum atomic E-state index is 12.6. The molecule has 0 saturated heterocycles. The van der Waals surface area contributed by atoms with Crippen molar-refractivity contribution in [2.75, 3.05) is 5.32 Å². The van der Waals surface area contributed by atoms with Crippen LogP contribution in [0.25, 0.3) is 11.4 Å². The Hall–Kier alpha value is -2.81. The molecule has 0 spiro atoms. The molecule has 152 valence electrons. The van der Waals surface area contributed by atoms with E-state index in [1.165, 1.54) is 11.3 Å². The van der Waals surface area contributed by atoms with Crippen molar-refractivity contribution in [1.29, 1.82) is 0 Å². The number of benzene rings is 2. The fourth-order valence-electron chi connectivity index (χ4n) is 3.05. The fraction of sp³-hybridized carbons (Fsp3) is 0.143. The molecule has 0 atom stereocenters. The summed E-state index contributed by atoms with van der Waals surface area (Å²) in [5.41, 5.74) is 3.02. The number of amides is 1. The monoisotopic (exact) mass is 455 g/mol. The van der Waals surface area contributed by atoms with Crippen LogP contribution in [-0.2, 0) is 17.8 Å². The fourth-order valence-corrected chi connectivity index (χ4v) is 4.30. The summed E-state index contributed by atoms with van der Waals surface area (Å²) in [6, 6.07) is 15.6. The molecular formula is C21H18ClN5OS2. The van der Waals surface area contributed by atoms with Crippen molar-refractivity contribution in [1.82, 2.24) is 19.7 Å². The highest BCUT2D eigenvalue weighted by molar-refractivity contribution is 7.71. The molecule has 2 aromatic carbocycles. The van der Waals surface area contributed by atoms with Gasteiger partial charge < -0.3 is 5.32 Å². The predicted molar refractivity (Wildman–Crippen MR) is 123 cm³/mol. The molecule has 0 radical (unpaired) electrons. The van der Waals surface area contributed by atoms with Crippen LogP contribution in [0.1, 0.15) is 16.0 Å². The number of halogens is 1. The van der Waals surface area contributed by atoms with E-state index < -0.39 is 0 Å². The van der Waals surface area contributed by atoms with Gasteiger partial charge in [-0.05, 0) is 36.8 Å². The molecule has 1 amide bonds. The highest BCUT2D eigenvalue weighted by atomic mass is 35.5.